The van der Waals surface area contributed by atoms with Gasteiger partial charge in [0.1, 0.15) is 5.75 Å². The molecule has 2 N–H and O–H groups in total. The lowest BCUT2D eigenvalue weighted by molar-refractivity contribution is -0.117. The number of nitrogens with two attached hydrogens (primary N) is 1. The lowest BCUT2D eigenvalue weighted by atomic mass is 9.85. The summed E-state index contributed by atoms with van der Waals surface area (Å²) in [5.74, 6) is 1.85. The molecular formula is C19H26N4O2S. The molecule has 1 saturated carbocycles. The van der Waals surface area contributed by atoms with Crippen LogP contribution < -0.4 is 10.5 Å². The molecule has 1 heterocycles. The summed E-state index contributed by atoms with van der Waals surface area (Å²) in [6.07, 6.45) is 4.75. The number of rotatable bonds is 6. The third kappa shape index (κ3) is 3.87. The summed E-state index contributed by atoms with van der Waals surface area (Å²) in [5, 5.41) is 9.29. The van der Waals surface area contributed by atoms with Gasteiger partial charge in [0.05, 0.1) is 12.4 Å². The van der Waals surface area contributed by atoms with Gasteiger partial charge in [-0.25, -0.2) is 0 Å². The highest BCUT2D eigenvalue weighted by atomic mass is 32.2. The predicted octanol–water partition coefficient (Wildman–Crippen LogP) is 3.67. The van der Waals surface area contributed by atoms with Crippen molar-refractivity contribution in [1.82, 2.24) is 14.8 Å². The van der Waals surface area contributed by atoms with Gasteiger partial charge in [-0.1, -0.05) is 31.5 Å². The number of ether oxygens (including phenoxy) is 1. The summed E-state index contributed by atoms with van der Waals surface area (Å²) in [5.41, 5.74) is 6.45. The van der Waals surface area contributed by atoms with Crippen molar-refractivity contribution < 1.29 is 9.53 Å². The number of amides is 1. The highest BCUT2D eigenvalue weighted by Gasteiger charge is 2.29. The Morgan fingerprint density at radius 2 is 1.96 bits per heavy atom. The number of thioether (sulfide) groups is 1. The Balaban J connectivity index is 2.02. The molecule has 1 aromatic heterocycles. The zero-order chi connectivity index (χ0) is 18.7. The third-order valence-electron chi connectivity index (χ3n) is 5.09. The Bertz CT molecular complexity index is 759. The predicted molar refractivity (Wildman–Crippen MR) is 103 cm³/mol. The average molecular weight is 375 g/mol. The molecule has 0 radical (unpaired) electrons. The van der Waals surface area contributed by atoms with Crippen LogP contribution in [0.1, 0.15) is 45.6 Å². The molecule has 0 unspecified atom stereocenters. The van der Waals surface area contributed by atoms with Gasteiger partial charge in [-0.05, 0) is 49.9 Å². The van der Waals surface area contributed by atoms with Crippen molar-refractivity contribution in [3.8, 4) is 17.1 Å². The molecule has 7 heteroatoms. The molecular weight excluding hydrogens is 348 g/mol. The number of carbonyl (C=O) groups excluding carboxylic acids is 1. The van der Waals surface area contributed by atoms with Gasteiger partial charge in [-0.3, -0.25) is 9.36 Å². The summed E-state index contributed by atoms with van der Waals surface area (Å²) < 4.78 is 7.47. The Morgan fingerprint density at radius 1 is 1.27 bits per heavy atom. The van der Waals surface area contributed by atoms with Crippen LogP contribution >= 0.6 is 11.8 Å². The van der Waals surface area contributed by atoms with E-state index in [0.717, 1.165) is 28.7 Å². The largest absolute Gasteiger partial charge is 0.497 e. The molecule has 3 rings (SSSR count). The second kappa shape index (κ2) is 8.12. The van der Waals surface area contributed by atoms with Crippen molar-refractivity contribution in [2.75, 3.05) is 7.11 Å². The summed E-state index contributed by atoms with van der Waals surface area (Å²) in [4.78, 5) is 11.5. The Labute approximate surface area is 158 Å². The van der Waals surface area contributed by atoms with Gasteiger partial charge in [-0.2, -0.15) is 0 Å². The first-order valence-corrected chi connectivity index (χ1v) is 9.94. The van der Waals surface area contributed by atoms with Crippen LogP contribution in [0.2, 0.25) is 0 Å². The number of hydrogen-bond acceptors (Lipinski definition) is 5. The van der Waals surface area contributed by atoms with Gasteiger partial charge < -0.3 is 10.5 Å². The summed E-state index contributed by atoms with van der Waals surface area (Å²) in [6.45, 7) is 4.09. The van der Waals surface area contributed by atoms with E-state index in [0.29, 0.717) is 12.0 Å². The van der Waals surface area contributed by atoms with Gasteiger partial charge in [0, 0.05) is 11.6 Å². The van der Waals surface area contributed by atoms with Gasteiger partial charge in [0.25, 0.3) is 0 Å². The first kappa shape index (κ1) is 18.8. The number of benzene rings is 1. The fraction of sp³-hybridized carbons (Fsp3) is 0.526. The lowest BCUT2D eigenvalue weighted by Gasteiger charge is -2.31. The molecule has 1 aliphatic carbocycles. The van der Waals surface area contributed by atoms with E-state index in [9.17, 15) is 4.79 Å². The zero-order valence-corrected chi connectivity index (χ0v) is 16.3. The molecule has 0 aliphatic heterocycles. The first-order chi connectivity index (χ1) is 12.5. The van der Waals surface area contributed by atoms with Crippen molar-refractivity contribution in [3.63, 3.8) is 0 Å². The molecule has 1 amide bonds. The molecule has 0 saturated heterocycles. The summed E-state index contributed by atoms with van der Waals surface area (Å²) in [7, 11) is 1.65. The second-order valence-electron chi connectivity index (χ2n) is 6.90. The van der Waals surface area contributed by atoms with E-state index in [1.165, 1.54) is 31.0 Å². The smallest absolute Gasteiger partial charge is 0.230 e. The molecule has 26 heavy (non-hydrogen) atoms. The minimum Gasteiger partial charge on any atom is -0.497 e. The topological polar surface area (TPSA) is 83.0 Å². The van der Waals surface area contributed by atoms with E-state index in [2.05, 4.69) is 21.7 Å². The molecule has 140 valence electrons. The summed E-state index contributed by atoms with van der Waals surface area (Å²) >= 11 is 1.39. The molecule has 0 spiro atoms. The highest BCUT2D eigenvalue weighted by Crippen LogP contribution is 2.39. The van der Waals surface area contributed by atoms with E-state index in [4.69, 9.17) is 10.5 Å². The SMILES string of the molecule is COc1ccc(-c2nnc(S[C@H](C)C(N)=O)n2[C@H]2CCCC[C@H]2C)cc1. The van der Waals surface area contributed by atoms with E-state index in [1.807, 2.05) is 31.2 Å². The van der Waals surface area contributed by atoms with Crippen LogP contribution in [0.4, 0.5) is 0 Å². The van der Waals surface area contributed by atoms with Gasteiger partial charge in [-0.15, -0.1) is 10.2 Å². The van der Waals surface area contributed by atoms with Crippen LogP contribution in [0.3, 0.4) is 0 Å². The molecule has 3 atom stereocenters. The minimum atomic E-state index is -0.347. The molecule has 1 fully saturated rings. The number of nitrogens with zero attached hydrogens (tertiary/aromatic N) is 3. The van der Waals surface area contributed by atoms with Crippen LogP contribution in [0, 0.1) is 5.92 Å². The van der Waals surface area contributed by atoms with E-state index in [1.54, 1.807) is 7.11 Å². The third-order valence-corrected chi connectivity index (χ3v) is 6.17. The molecule has 1 aliphatic rings. The fourth-order valence-corrected chi connectivity index (χ4v) is 4.35. The quantitative estimate of drug-likeness (QED) is 0.780. The Hall–Kier alpha value is -2.02. The number of carbonyl (C=O) groups is 1. The fourth-order valence-electron chi connectivity index (χ4n) is 3.49. The van der Waals surface area contributed by atoms with Gasteiger partial charge in [0.15, 0.2) is 11.0 Å². The Kier molecular flexibility index (Phi) is 5.86. The Morgan fingerprint density at radius 3 is 2.58 bits per heavy atom. The number of methoxy groups -OCH3 is 1. The maximum atomic E-state index is 11.5. The van der Waals surface area contributed by atoms with Crippen LogP contribution in [0.25, 0.3) is 11.4 Å². The number of primary amides is 1. The number of hydrogen-bond donors (Lipinski definition) is 1. The van der Waals surface area contributed by atoms with E-state index in [-0.39, 0.29) is 11.2 Å². The number of aromatic nitrogens is 3. The summed E-state index contributed by atoms with van der Waals surface area (Å²) in [6, 6.07) is 8.19. The normalized spacial score (nSPS) is 21.3. The van der Waals surface area contributed by atoms with Crippen molar-refractivity contribution >= 4 is 17.7 Å². The highest BCUT2D eigenvalue weighted by molar-refractivity contribution is 8.00. The van der Waals surface area contributed by atoms with Crippen molar-refractivity contribution in [1.29, 1.82) is 0 Å². The molecule has 0 bridgehead atoms. The van der Waals surface area contributed by atoms with E-state index >= 15 is 0 Å². The average Bonchev–Trinajstić information content (AvgIpc) is 3.05. The van der Waals surface area contributed by atoms with E-state index < -0.39 is 0 Å². The maximum absolute atomic E-state index is 11.5. The van der Waals surface area contributed by atoms with Crippen molar-refractivity contribution in [2.24, 2.45) is 11.7 Å². The van der Waals surface area contributed by atoms with Gasteiger partial charge >= 0.3 is 0 Å². The van der Waals surface area contributed by atoms with Crippen LogP contribution in [0.15, 0.2) is 29.4 Å². The van der Waals surface area contributed by atoms with Crippen molar-refractivity contribution in [2.45, 2.75) is 56.0 Å². The van der Waals surface area contributed by atoms with Crippen LogP contribution in [-0.4, -0.2) is 33.0 Å². The zero-order valence-electron chi connectivity index (χ0n) is 15.5. The van der Waals surface area contributed by atoms with Crippen LogP contribution in [0.5, 0.6) is 5.75 Å². The molecule has 1 aromatic carbocycles. The minimum absolute atomic E-state index is 0.332. The lowest BCUT2D eigenvalue weighted by Crippen LogP contribution is -2.25. The first-order valence-electron chi connectivity index (χ1n) is 9.06. The monoisotopic (exact) mass is 374 g/mol. The van der Waals surface area contributed by atoms with Gasteiger partial charge in [0.2, 0.25) is 5.91 Å². The molecule has 2 aromatic rings. The van der Waals surface area contributed by atoms with Crippen molar-refractivity contribution in [3.05, 3.63) is 24.3 Å². The van der Waals surface area contributed by atoms with Crippen LogP contribution in [-0.2, 0) is 4.79 Å². The second-order valence-corrected chi connectivity index (χ2v) is 8.20. The molecule has 6 nitrogen and oxygen atoms in total. The standard InChI is InChI=1S/C19H26N4O2S/c1-12-6-4-5-7-16(12)23-18(14-8-10-15(25-3)11-9-14)21-22-19(23)26-13(2)17(20)24/h8-13,16H,4-7H2,1-3H3,(H2,20,24)/t12-,13-,16+/m1/s1. The maximum Gasteiger partial charge on any atom is 0.230 e.